The van der Waals surface area contributed by atoms with Gasteiger partial charge in [0.05, 0.1) is 35.4 Å². The maximum Gasteiger partial charge on any atom is 0.242 e. The number of carbonyl (C=O) groups excluding carboxylic acids is 2. The lowest BCUT2D eigenvalue weighted by molar-refractivity contribution is -0.134. The number of amides is 2. The molecule has 2 amide bonds. The lowest BCUT2D eigenvalue weighted by atomic mass is 9.87. The molecule has 1 aromatic heterocycles. The summed E-state index contributed by atoms with van der Waals surface area (Å²) in [5.41, 5.74) is 1.30. The third-order valence-electron chi connectivity index (χ3n) is 6.28. The van der Waals surface area contributed by atoms with Gasteiger partial charge in [-0.1, -0.05) is 39.0 Å². The highest BCUT2D eigenvalue weighted by Crippen LogP contribution is 2.49. The van der Waals surface area contributed by atoms with Gasteiger partial charge in [-0.3, -0.25) is 14.5 Å². The molecule has 0 bridgehead atoms. The van der Waals surface area contributed by atoms with Crippen LogP contribution >= 0.6 is 11.8 Å². The number of thioether (sulfide) groups is 1. The average Bonchev–Trinajstić information content (AvgIpc) is 3.15. The first-order chi connectivity index (χ1) is 16.4. The van der Waals surface area contributed by atoms with Crippen molar-refractivity contribution in [1.29, 1.82) is 0 Å². The molecule has 0 aliphatic carbocycles. The van der Waals surface area contributed by atoms with E-state index in [0.717, 1.165) is 11.3 Å². The monoisotopic (exact) mass is 502 g/mol. The van der Waals surface area contributed by atoms with Gasteiger partial charge in [0.1, 0.15) is 18.2 Å². The van der Waals surface area contributed by atoms with Gasteiger partial charge >= 0.3 is 0 Å². The quantitative estimate of drug-likeness (QED) is 0.632. The van der Waals surface area contributed by atoms with E-state index in [9.17, 15) is 9.59 Å². The van der Waals surface area contributed by atoms with E-state index in [0.29, 0.717) is 37.7 Å². The second kappa shape index (κ2) is 9.58. The Balaban J connectivity index is 1.93. The van der Waals surface area contributed by atoms with Gasteiger partial charge in [-0.15, -0.1) is 11.8 Å². The minimum Gasteiger partial charge on any atom is -0.378 e. The number of halogens is 1. The minimum absolute atomic E-state index is 0.0816. The van der Waals surface area contributed by atoms with Crippen molar-refractivity contribution >= 4 is 29.4 Å². The highest BCUT2D eigenvalue weighted by molar-refractivity contribution is 8.00. The van der Waals surface area contributed by atoms with Crippen LogP contribution in [0.15, 0.2) is 24.3 Å². The smallest absolute Gasteiger partial charge is 0.242 e. The Bertz CT molecular complexity index is 1110. The van der Waals surface area contributed by atoms with E-state index in [1.165, 1.54) is 17.8 Å². The third-order valence-corrected chi connectivity index (χ3v) is 7.52. The molecule has 4 rings (SSSR count). The van der Waals surface area contributed by atoms with Crippen molar-refractivity contribution in [3.63, 3.8) is 0 Å². The normalized spacial score (nSPS) is 19.5. The zero-order chi connectivity index (χ0) is 25.5. The average molecular weight is 503 g/mol. The van der Waals surface area contributed by atoms with Crippen LogP contribution in [-0.2, 0) is 25.3 Å². The number of morpholine rings is 1. The molecule has 3 heterocycles. The van der Waals surface area contributed by atoms with E-state index in [2.05, 4.69) is 20.8 Å². The fourth-order valence-electron chi connectivity index (χ4n) is 4.52. The molecule has 0 saturated carbocycles. The third kappa shape index (κ3) is 5.11. The molecule has 9 heteroatoms. The Kier molecular flexibility index (Phi) is 7.03. The zero-order valence-corrected chi connectivity index (χ0v) is 22.2. The number of benzene rings is 1. The van der Waals surface area contributed by atoms with Gasteiger partial charge in [-0.05, 0) is 26.8 Å². The van der Waals surface area contributed by atoms with Crippen molar-refractivity contribution in [2.75, 3.05) is 43.5 Å². The van der Waals surface area contributed by atoms with Gasteiger partial charge in [0.25, 0.3) is 0 Å². The first-order valence-corrected chi connectivity index (χ1v) is 13.1. The second-order valence-corrected chi connectivity index (χ2v) is 12.2. The molecule has 1 aromatic carbocycles. The summed E-state index contributed by atoms with van der Waals surface area (Å²) < 4.78 is 22.3. The van der Waals surface area contributed by atoms with E-state index in [-0.39, 0.29) is 35.3 Å². The number of ether oxygens (including phenoxy) is 1. The molecule has 1 fully saturated rings. The maximum absolute atomic E-state index is 15.1. The fraction of sp³-hybridized carbons (Fsp3) is 0.577. The largest absolute Gasteiger partial charge is 0.378 e. The number of hydrogen-bond donors (Lipinski definition) is 0. The predicted molar refractivity (Wildman–Crippen MR) is 136 cm³/mol. The number of fused-ring (bicyclic) bond motifs is 1. The van der Waals surface area contributed by atoms with Crippen LogP contribution in [0.2, 0.25) is 0 Å². The van der Waals surface area contributed by atoms with Crippen LogP contribution in [-0.4, -0.2) is 65.1 Å². The van der Waals surface area contributed by atoms with Gasteiger partial charge in [0.15, 0.2) is 0 Å². The predicted octanol–water partition coefficient (Wildman–Crippen LogP) is 4.10. The second-order valence-electron chi connectivity index (χ2n) is 11.1. The summed E-state index contributed by atoms with van der Waals surface area (Å²) in [4.78, 5) is 30.2. The highest BCUT2D eigenvalue weighted by Gasteiger charge is 2.42. The molecule has 7 nitrogen and oxygen atoms in total. The lowest BCUT2D eigenvalue weighted by Gasteiger charge is -2.32. The summed E-state index contributed by atoms with van der Waals surface area (Å²) in [5, 5.41) is 4.60. The summed E-state index contributed by atoms with van der Waals surface area (Å²) in [6, 6.07) is 6.71. The van der Waals surface area contributed by atoms with Crippen LogP contribution in [0.5, 0.6) is 0 Å². The fourth-order valence-corrected chi connectivity index (χ4v) is 5.74. The van der Waals surface area contributed by atoms with Crippen molar-refractivity contribution in [1.82, 2.24) is 14.7 Å². The molecular formula is C26H35FN4O3S. The molecule has 2 aliphatic heterocycles. The Morgan fingerprint density at radius 3 is 2.40 bits per heavy atom. The van der Waals surface area contributed by atoms with Crippen molar-refractivity contribution in [3.8, 4) is 0 Å². The van der Waals surface area contributed by atoms with Crippen LogP contribution in [0.1, 0.15) is 63.6 Å². The number of aromatic nitrogens is 2. The Hall–Kier alpha value is -2.39. The van der Waals surface area contributed by atoms with Crippen LogP contribution in [0.25, 0.3) is 0 Å². The number of rotatable bonds is 3. The zero-order valence-electron chi connectivity index (χ0n) is 21.4. The summed E-state index contributed by atoms with van der Waals surface area (Å²) in [6.45, 7) is 14.2. The number of carbonyl (C=O) groups is 2. The molecule has 0 spiro atoms. The Labute approximate surface area is 211 Å². The molecule has 190 valence electrons. The molecule has 2 aromatic rings. The van der Waals surface area contributed by atoms with E-state index in [1.807, 2.05) is 31.5 Å². The first-order valence-electron chi connectivity index (χ1n) is 12.1. The van der Waals surface area contributed by atoms with Crippen LogP contribution in [0.3, 0.4) is 0 Å². The first kappa shape index (κ1) is 25.7. The molecule has 0 N–H and O–H groups in total. The van der Waals surface area contributed by atoms with Crippen LogP contribution in [0, 0.1) is 5.82 Å². The molecule has 1 atom stereocenters. The maximum atomic E-state index is 15.1. The molecule has 0 unspecified atom stereocenters. The van der Waals surface area contributed by atoms with Gasteiger partial charge in [0.2, 0.25) is 11.8 Å². The molecular weight excluding hydrogens is 467 g/mol. The van der Waals surface area contributed by atoms with Crippen molar-refractivity contribution in [3.05, 3.63) is 46.9 Å². The Morgan fingerprint density at radius 1 is 1.14 bits per heavy atom. The Morgan fingerprint density at radius 2 is 1.80 bits per heavy atom. The van der Waals surface area contributed by atoms with Crippen molar-refractivity contribution in [2.24, 2.45) is 0 Å². The van der Waals surface area contributed by atoms with E-state index >= 15 is 4.39 Å². The molecule has 35 heavy (non-hydrogen) atoms. The van der Waals surface area contributed by atoms with Crippen LogP contribution in [0.4, 0.5) is 10.2 Å². The molecule has 1 saturated heterocycles. The van der Waals surface area contributed by atoms with E-state index in [1.54, 1.807) is 21.9 Å². The van der Waals surface area contributed by atoms with E-state index in [4.69, 9.17) is 9.84 Å². The van der Waals surface area contributed by atoms with Crippen LogP contribution < -0.4 is 4.90 Å². The topological polar surface area (TPSA) is 67.7 Å². The number of anilines is 1. The van der Waals surface area contributed by atoms with Gasteiger partial charge in [-0.2, -0.15) is 5.10 Å². The summed E-state index contributed by atoms with van der Waals surface area (Å²) >= 11 is 1.39. The van der Waals surface area contributed by atoms with Gasteiger partial charge < -0.3 is 9.64 Å². The minimum atomic E-state index is -0.469. The summed E-state index contributed by atoms with van der Waals surface area (Å²) in [7, 11) is 0. The number of nitrogens with zero attached hydrogens (tertiary/aromatic N) is 4. The van der Waals surface area contributed by atoms with E-state index < -0.39 is 10.8 Å². The standard InChI is InChI=1S/C26H35FN4O3S/c1-25(2,3)23-21-22(17-9-7-8-10-18(17)27)35-16-20(33)30(24(21)31(28-23)26(4,5)6)15-19(32)29-11-13-34-14-12-29/h7-10,22H,11-16H2,1-6H3/t22-/m1/s1. The van der Waals surface area contributed by atoms with Gasteiger partial charge in [0, 0.05) is 29.6 Å². The SMILES string of the molecule is CC(C)(C)c1nn(C(C)(C)C)c2c1[C@@H](c1ccccc1F)SCC(=O)N2CC(=O)N1CCOCC1. The number of hydrogen-bond acceptors (Lipinski definition) is 5. The molecule has 0 radical (unpaired) electrons. The highest BCUT2D eigenvalue weighted by atomic mass is 32.2. The lowest BCUT2D eigenvalue weighted by Crippen LogP contribution is -2.48. The summed E-state index contributed by atoms with van der Waals surface area (Å²) in [6.07, 6.45) is 0. The van der Waals surface area contributed by atoms with Crippen molar-refractivity contribution < 1.29 is 18.7 Å². The molecule has 2 aliphatic rings. The summed E-state index contributed by atoms with van der Waals surface area (Å²) in [5.74, 6) is 0.109. The van der Waals surface area contributed by atoms with Gasteiger partial charge in [-0.25, -0.2) is 9.07 Å². The van der Waals surface area contributed by atoms with Crippen molar-refractivity contribution in [2.45, 2.75) is 57.7 Å².